The molecule has 0 radical (unpaired) electrons. The third-order valence-corrected chi connectivity index (χ3v) is 9.90. The van der Waals surface area contributed by atoms with Gasteiger partial charge in [-0.25, -0.2) is 44.9 Å². The quantitative estimate of drug-likeness (QED) is 0.141. The third kappa shape index (κ3) is 7.66. The van der Waals surface area contributed by atoms with Gasteiger partial charge in [-0.2, -0.15) is 0 Å². The molecule has 0 saturated heterocycles. The molecule has 60 heavy (non-hydrogen) atoms. The molecule has 0 atom stereocenters. The van der Waals surface area contributed by atoms with Crippen molar-refractivity contribution >= 4 is 0 Å². The summed E-state index contributed by atoms with van der Waals surface area (Å²) in [6, 6.07) is 66.3. The molecule has 0 unspecified atom stereocenters. The summed E-state index contributed by atoms with van der Waals surface area (Å²) in [7, 11) is 0. The minimum absolute atomic E-state index is 0.246. The van der Waals surface area contributed by atoms with E-state index in [2.05, 4.69) is 48.5 Å². The maximum atomic E-state index is 5.02. The van der Waals surface area contributed by atoms with E-state index in [0.29, 0.717) is 29.1 Å². The van der Waals surface area contributed by atoms with Gasteiger partial charge in [-0.1, -0.05) is 200 Å². The van der Waals surface area contributed by atoms with Crippen LogP contribution in [0.3, 0.4) is 0 Å². The average Bonchev–Trinajstić information content (AvgIpc) is 3.35. The lowest BCUT2D eigenvalue weighted by molar-refractivity contribution is 0.978. The summed E-state index contributed by atoms with van der Waals surface area (Å²) in [6.45, 7) is 0. The van der Waals surface area contributed by atoms with Crippen molar-refractivity contribution in [2.24, 2.45) is 0 Å². The SMILES string of the molecule is c1ccc(-c2ccc(-c3nc(-c4ccccc4)nc(-c4nc(-c5ccccc5)nc(-c5nc(-c6ccccc6)nc(-c6ccc(-c7ccccc7)cc6)n5)n4)n3)cc2)cc1. The molecule has 0 fully saturated rings. The van der Waals surface area contributed by atoms with E-state index in [1.54, 1.807) is 0 Å². The lowest BCUT2D eigenvalue weighted by Gasteiger charge is -2.11. The van der Waals surface area contributed by atoms with Crippen molar-refractivity contribution < 1.29 is 0 Å². The zero-order chi connectivity index (χ0) is 40.1. The van der Waals surface area contributed by atoms with Crippen molar-refractivity contribution in [1.82, 2.24) is 44.9 Å². The first-order chi connectivity index (χ1) is 29.7. The van der Waals surface area contributed by atoms with E-state index in [-0.39, 0.29) is 23.3 Å². The normalized spacial score (nSPS) is 11.0. The van der Waals surface area contributed by atoms with Gasteiger partial charge in [0.25, 0.3) is 0 Å². The predicted molar refractivity (Wildman–Crippen MR) is 236 cm³/mol. The van der Waals surface area contributed by atoms with E-state index < -0.39 is 0 Å². The molecule has 0 bridgehead atoms. The molecule has 0 N–H and O–H groups in total. The second kappa shape index (κ2) is 16.2. The van der Waals surface area contributed by atoms with Crippen LogP contribution in [0.5, 0.6) is 0 Å². The lowest BCUT2D eigenvalue weighted by Crippen LogP contribution is -2.08. The maximum absolute atomic E-state index is 5.02. The highest BCUT2D eigenvalue weighted by Gasteiger charge is 2.21. The van der Waals surface area contributed by atoms with Crippen molar-refractivity contribution in [2.75, 3.05) is 0 Å². The Balaban J connectivity index is 1.14. The summed E-state index contributed by atoms with van der Waals surface area (Å²) in [6.07, 6.45) is 0. The average molecular weight is 772 g/mol. The number of aromatic nitrogens is 9. The van der Waals surface area contributed by atoms with Crippen LogP contribution in [-0.4, -0.2) is 44.9 Å². The molecule has 282 valence electrons. The molecule has 0 amide bonds. The zero-order valence-corrected chi connectivity index (χ0v) is 32.1. The first kappa shape index (κ1) is 35.9. The predicted octanol–water partition coefficient (Wildman–Crippen LogP) is 11.2. The minimum atomic E-state index is 0.246. The molecule has 3 heterocycles. The molecule has 3 aromatic heterocycles. The van der Waals surface area contributed by atoms with Gasteiger partial charge in [-0.15, -0.1) is 0 Å². The van der Waals surface area contributed by atoms with Gasteiger partial charge in [0.1, 0.15) is 0 Å². The van der Waals surface area contributed by atoms with Gasteiger partial charge >= 0.3 is 0 Å². The fourth-order valence-corrected chi connectivity index (χ4v) is 6.82. The summed E-state index contributed by atoms with van der Waals surface area (Å²) in [5.74, 6) is 3.40. The fourth-order valence-electron chi connectivity index (χ4n) is 6.82. The molecule has 0 aliphatic heterocycles. The summed E-state index contributed by atoms with van der Waals surface area (Å²) >= 11 is 0. The molecular weight excluding hydrogens is 739 g/mol. The number of hydrogen-bond donors (Lipinski definition) is 0. The van der Waals surface area contributed by atoms with Gasteiger partial charge in [0, 0.05) is 27.8 Å². The molecule has 7 aromatic carbocycles. The molecule has 10 aromatic rings. The van der Waals surface area contributed by atoms with E-state index in [1.807, 2.05) is 152 Å². The highest BCUT2D eigenvalue weighted by atomic mass is 15.1. The van der Waals surface area contributed by atoms with Crippen LogP contribution < -0.4 is 0 Å². The Kier molecular flexibility index (Phi) is 9.71. The summed E-state index contributed by atoms with van der Waals surface area (Å²) in [4.78, 5) is 44.8. The maximum Gasteiger partial charge on any atom is 0.202 e. The Morgan fingerprint density at radius 2 is 0.283 bits per heavy atom. The number of rotatable bonds is 9. The lowest BCUT2D eigenvalue weighted by atomic mass is 10.0. The Morgan fingerprint density at radius 1 is 0.133 bits per heavy atom. The Bertz CT molecular complexity index is 2850. The number of benzene rings is 7. The Morgan fingerprint density at radius 3 is 0.533 bits per heavy atom. The van der Waals surface area contributed by atoms with Crippen LogP contribution in [0.1, 0.15) is 0 Å². The highest BCUT2D eigenvalue weighted by molar-refractivity contribution is 5.72. The van der Waals surface area contributed by atoms with E-state index in [9.17, 15) is 0 Å². The van der Waals surface area contributed by atoms with Crippen molar-refractivity contribution in [2.45, 2.75) is 0 Å². The molecule has 0 aliphatic rings. The summed E-state index contributed by atoms with van der Waals surface area (Å²) in [5.41, 5.74) is 8.50. The number of nitrogens with zero attached hydrogens (tertiary/aromatic N) is 9. The molecule has 10 rings (SSSR count). The van der Waals surface area contributed by atoms with Crippen LogP contribution in [0, 0.1) is 0 Å². The third-order valence-electron chi connectivity index (χ3n) is 9.90. The van der Waals surface area contributed by atoms with E-state index in [1.165, 1.54) is 0 Å². The first-order valence-electron chi connectivity index (χ1n) is 19.5. The van der Waals surface area contributed by atoms with Gasteiger partial charge < -0.3 is 0 Å². The van der Waals surface area contributed by atoms with Gasteiger partial charge in [-0.3, -0.25) is 0 Å². The van der Waals surface area contributed by atoms with E-state index in [4.69, 9.17) is 44.9 Å². The summed E-state index contributed by atoms with van der Waals surface area (Å²) in [5, 5.41) is 0. The van der Waals surface area contributed by atoms with Crippen LogP contribution in [0.25, 0.3) is 102 Å². The standard InChI is InChI=1S/C51H33N9/c1-6-16-34(17-7-1)36-26-30-41(31-27-36)46-52-43(38-20-10-3-11-21-38)54-48(58-46)50-56-45(40-24-14-5-15-25-40)57-51(60-50)49-55-44(39-22-12-4-13-23-39)53-47(59-49)42-32-28-37(29-33-42)35-18-8-2-9-19-35/h1-33H. The largest absolute Gasteiger partial charge is 0.208 e. The molecule has 9 heteroatoms. The van der Waals surface area contributed by atoms with E-state index in [0.717, 1.165) is 50.1 Å². The Hall–Kier alpha value is -8.43. The van der Waals surface area contributed by atoms with Gasteiger partial charge in [0.15, 0.2) is 29.1 Å². The zero-order valence-electron chi connectivity index (χ0n) is 32.1. The van der Waals surface area contributed by atoms with Crippen LogP contribution in [0.4, 0.5) is 0 Å². The molecule has 0 spiro atoms. The van der Waals surface area contributed by atoms with Crippen LogP contribution in [0.15, 0.2) is 200 Å². The molecule has 0 aliphatic carbocycles. The summed E-state index contributed by atoms with van der Waals surface area (Å²) < 4.78 is 0. The second-order valence-electron chi connectivity index (χ2n) is 13.9. The van der Waals surface area contributed by atoms with Gasteiger partial charge in [0.05, 0.1) is 0 Å². The van der Waals surface area contributed by atoms with Crippen molar-refractivity contribution in [1.29, 1.82) is 0 Å². The fraction of sp³-hybridized carbons (Fsp3) is 0. The van der Waals surface area contributed by atoms with Crippen molar-refractivity contribution in [3.8, 4) is 102 Å². The first-order valence-corrected chi connectivity index (χ1v) is 19.5. The monoisotopic (exact) mass is 771 g/mol. The van der Waals surface area contributed by atoms with Crippen LogP contribution in [-0.2, 0) is 0 Å². The van der Waals surface area contributed by atoms with Crippen molar-refractivity contribution in [3.63, 3.8) is 0 Å². The van der Waals surface area contributed by atoms with E-state index >= 15 is 0 Å². The van der Waals surface area contributed by atoms with Crippen molar-refractivity contribution in [3.05, 3.63) is 200 Å². The van der Waals surface area contributed by atoms with Crippen LogP contribution in [0.2, 0.25) is 0 Å². The molecule has 0 saturated carbocycles. The minimum Gasteiger partial charge on any atom is -0.208 e. The highest BCUT2D eigenvalue weighted by Crippen LogP contribution is 2.30. The topological polar surface area (TPSA) is 116 Å². The molecule has 9 nitrogen and oxygen atoms in total. The van der Waals surface area contributed by atoms with Crippen LogP contribution >= 0.6 is 0 Å². The van der Waals surface area contributed by atoms with Gasteiger partial charge in [-0.05, 0) is 22.3 Å². The number of hydrogen-bond acceptors (Lipinski definition) is 9. The second-order valence-corrected chi connectivity index (χ2v) is 13.9. The molecular formula is C51H33N9. The Labute approximate surface area is 346 Å². The smallest absolute Gasteiger partial charge is 0.202 e. The van der Waals surface area contributed by atoms with Gasteiger partial charge in [0.2, 0.25) is 23.3 Å².